The molecule has 0 bridgehead atoms. The quantitative estimate of drug-likeness (QED) is 0.644. The molecule has 0 saturated carbocycles. The first-order valence-electron chi connectivity index (χ1n) is 9.92. The van der Waals surface area contributed by atoms with Gasteiger partial charge < -0.3 is 19.4 Å². The van der Waals surface area contributed by atoms with Crippen LogP contribution in [0.3, 0.4) is 0 Å². The van der Waals surface area contributed by atoms with Crippen molar-refractivity contribution in [2.24, 2.45) is 12.0 Å². The van der Waals surface area contributed by atoms with Crippen LogP contribution in [0.2, 0.25) is 0 Å². The van der Waals surface area contributed by atoms with E-state index in [0.717, 1.165) is 70.3 Å². The molecule has 0 spiro atoms. The topological polar surface area (TPSA) is 67.8 Å². The van der Waals surface area contributed by atoms with Gasteiger partial charge in [0.2, 0.25) is 0 Å². The second-order valence-electron chi connectivity index (χ2n) is 7.44. The summed E-state index contributed by atoms with van der Waals surface area (Å²) < 4.78 is 12.8. The lowest BCUT2D eigenvalue weighted by atomic mass is 10.0. The van der Waals surface area contributed by atoms with Gasteiger partial charge in [0, 0.05) is 64.5 Å². The fourth-order valence-corrected chi connectivity index (χ4v) is 3.86. The van der Waals surface area contributed by atoms with Gasteiger partial charge in [-0.05, 0) is 37.0 Å². The third kappa shape index (κ3) is 4.71. The van der Waals surface area contributed by atoms with Gasteiger partial charge in [-0.3, -0.25) is 9.67 Å². The van der Waals surface area contributed by atoms with Crippen molar-refractivity contribution >= 4 is 5.96 Å². The maximum absolute atomic E-state index is 5.50. The van der Waals surface area contributed by atoms with Crippen LogP contribution in [0.1, 0.15) is 36.5 Å². The Bertz CT molecular complexity index is 733. The third-order valence-electron chi connectivity index (χ3n) is 5.44. The van der Waals surface area contributed by atoms with Crippen LogP contribution in [0.25, 0.3) is 0 Å². The molecule has 4 rings (SSSR count). The molecule has 2 saturated heterocycles. The van der Waals surface area contributed by atoms with Crippen molar-refractivity contribution in [3.8, 4) is 0 Å². The zero-order valence-corrected chi connectivity index (χ0v) is 16.0. The first kappa shape index (κ1) is 18.1. The molecule has 27 heavy (non-hydrogen) atoms. The lowest BCUT2D eigenvalue weighted by molar-refractivity contribution is 0.0816. The van der Waals surface area contributed by atoms with Crippen LogP contribution in [0.4, 0.5) is 0 Å². The van der Waals surface area contributed by atoms with Crippen molar-refractivity contribution in [2.45, 2.75) is 37.6 Å². The van der Waals surface area contributed by atoms with Gasteiger partial charge in [-0.2, -0.15) is 5.10 Å². The number of likely N-dealkylation sites (tertiary alicyclic amines) is 1. The van der Waals surface area contributed by atoms with E-state index in [2.05, 4.69) is 21.5 Å². The summed E-state index contributed by atoms with van der Waals surface area (Å²) in [7, 11) is 1.98. The number of ether oxygens (including phenoxy) is 1. The molecule has 1 N–H and O–H groups in total. The largest absolute Gasteiger partial charge is 0.469 e. The second-order valence-corrected chi connectivity index (χ2v) is 7.44. The fourth-order valence-electron chi connectivity index (χ4n) is 3.86. The van der Waals surface area contributed by atoms with Gasteiger partial charge in [0.1, 0.15) is 5.76 Å². The molecule has 1 unspecified atom stereocenters. The van der Waals surface area contributed by atoms with Crippen LogP contribution in [0.15, 0.2) is 40.2 Å². The van der Waals surface area contributed by atoms with Gasteiger partial charge in [0.15, 0.2) is 5.96 Å². The number of aromatic nitrogens is 2. The molecule has 2 aromatic rings. The van der Waals surface area contributed by atoms with E-state index in [1.165, 1.54) is 5.56 Å². The number of furan rings is 1. The molecule has 1 atom stereocenters. The van der Waals surface area contributed by atoms with Gasteiger partial charge in [-0.1, -0.05) is 0 Å². The lowest BCUT2D eigenvalue weighted by Crippen LogP contribution is -2.47. The minimum atomic E-state index is 0.443. The van der Waals surface area contributed by atoms with Gasteiger partial charge in [0.05, 0.1) is 12.5 Å². The summed E-state index contributed by atoms with van der Waals surface area (Å²) in [5.74, 6) is 2.53. The van der Waals surface area contributed by atoms with Crippen LogP contribution in [-0.4, -0.2) is 59.5 Å². The Kier molecular flexibility index (Phi) is 5.77. The normalized spacial score (nSPS) is 21.7. The van der Waals surface area contributed by atoms with Crippen LogP contribution in [-0.2, 0) is 18.2 Å². The number of aliphatic imine (C=N–C) groups is 1. The van der Waals surface area contributed by atoms with Crippen LogP contribution >= 0.6 is 0 Å². The minimum Gasteiger partial charge on any atom is -0.469 e. The van der Waals surface area contributed by atoms with Crippen molar-refractivity contribution < 1.29 is 9.15 Å². The first-order chi connectivity index (χ1) is 13.3. The molecule has 2 aromatic heterocycles. The van der Waals surface area contributed by atoms with Crippen molar-refractivity contribution in [1.82, 2.24) is 20.0 Å². The molecular weight excluding hydrogens is 342 g/mol. The summed E-state index contributed by atoms with van der Waals surface area (Å²) in [5, 5.41) is 8.03. The van der Waals surface area contributed by atoms with Gasteiger partial charge >= 0.3 is 0 Å². The summed E-state index contributed by atoms with van der Waals surface area (Å²) in [5.41, 5.74) is 1.32. The van der Waals surface area contributed by atoms with Crippen LogP contribution in [0.5, 0.6) is 0 Å². The van der Waals surface area contributed by atoms with E-state index in [9.17, 15) is 0 Å². The molecule has 2 aliphatic heterocycles. The third-order valence-corrected chi connectivity index (χ3v) is 5.44. The Hall–Kier alpha value is -2.28. The maximum Gasteiger partial charge on any atom is 0.194 e. The van der Waals surface area contributed by atoms with E-state index in [-0.39, 0.29) is 0 Å². The fraction of sp³-hybridized carbons (Fsp3) is 0.600. The Labute approximate surface area is 160 Å². The van der Waals surface area contributed by atoms with Crippen molar-refractivity contribution in [3.05, 3.63) is 42.1 Å². The number of nitrogens with one attached hydrogen (secondary N) is 1. The van der Waals surface area contributed by atoms with Crippen molar-refractivity contribution in [2.75, 3.05) is 32.8 Å². The molecule has 7 nitrogen and oxygen atoms in total. The van der Waals surface area contributed by atoms with Gasteiger partial charge in [-0.15, -0.1) is 0 Å². The summed E-state index contributed by atoms with van der Waals surface area (Å²) in [4.78, 5) is 7.32. The highest BCUT2D eigenvalue weighted by molar-refractivity contribution is 5.80. The van der Waals surface area contributed by atoms with E-state index >= 15 is 0 Å². The van der Waals surface area contributed by atoms with E-state index < -0.39 is 0 Å². The molecule has 0 radical (unpaired) electrons. The molecule has 0 amide bonds. The van der Waals surface area contributed by atoms with E-state index in [4.69, 9.17) is 14.1 Å². The monoisotopic (exact) mass is 371 g/mol. The zero-order valence-electron chi connectivity index (χ0n) is 16.0. The Morgan fingerprint density at radius 1 is 1.33 bits per heavy atom. The predicted molar refractivity (Wildman–Crippen MR) is 104 cm³/mol. The smallest absolute Gasteiger partial charge is 0.194 e. The molecule has 146 valence electrons. The standard InChI is InChI=1S/C20H29N5O2/c1-24-14-17(13-22-24)16-5-9-25(15-16)20(23-18-6-11-26-12-7-18)21-8-4-19-3-2-10-27-19/h2-3,10,13-14,16,18H,4-9,11-12,15H2,1H3,(H,21,23). The van der Waals surface area contributed by atoms with Gasteiger partial charge in [-0.25, -0.2) is 0 Å². The highest BCUT2D eigenvalue weighted by atomic mass is 16.5. The van der Waals surface area contributed by atoms with E-state index in [0.29, 0.717) is 12.0 Å². The maximum atomic E-state index is 5.50. The lowest BCUT2D eigenvalue weighted by Gasteiger charge is -2.29. The van der Waals surface area contributed by atoms with Gasteiger partial charge in [0.25, 0.3) is 0 Å². The average Bonchev–Trinajstić information content (AvgIpc) is 3.43. The summed E-state index contributed by atoms with van der Waals surface area (Å²) in [6, 6.07) is 4.38. The number of aryl methyl sites for hydroxylation is 1. The average molecular weight is 371 g/mol. The predicted octanol–water partition coefficient (Wildman–Crippen LogP) is 2.17. The number of hydrogen-bond acceptors (Lipinski definition) is 4. The number of guanidine groups is 1. The van der Waals surface area contributed by atoms with E-state index in [1.807, 2.05) is 30.1 Å². The summed E-state index contributed by atoms with van der Waals surface area (Å²) >= 11 is 0. The van der Waals surface area contributed by atoms with Crippen LogP contribution < -0.4 is 5.32 Å². The number of rotatable bonds is 5. The van der Waals surface area contributed by atoms with Crippen molar-refractivity contribution in [3.63, 3.8) is 0 Å². The first-order valence-corrected chi connectivity index (χ1v) is 9.92. The molecule has 4 heterocycles. The summed E-state index contributed by atoms with van der Waals surface area (Å²) in [6.45, 7) is 4.40. The second kappa shape index (κ2) is 8.61. The molecular formula is C20H29N5O2. The number of nitrogens with zero attached hydrogens (tertiary/aromatic N) is 4. The minimum absolute atomic E-state index is 0.443. The molecule has 7 heteroatoms. The van der Waals surface area contributed by atoms with E-state index in [1.54, 1.807) is 6.26 Å². The highest BCUT2D eigenvalue weighted by Crippen LogP contribution is 2.27. The summed E-state index contributed by atoms with van der Waals surface area (Å²) in [6.07, 6.45) is 9.89. The SMILES string of the molecule is Cn1cc(C2CCN(C(=NCCc3ccco3)NC3CCOCC3)C2)cn1. The molecule has 0 aliphatic carbocycles. The Morgan fingerprint density at radius 3 is 2.96 bits per heavy atom. The molecule has 0 aromatic carbocycles. The molecule has 2 aliphatic rings. The Balaban J connectivity index is 1.41. The van der Waals surface area contributed by atoms with Crippen LogP contribution in [0, 0.1) is 0 Å². The Morgan fingerprint density at radius 2 is 2.22 bits per heavy atom. The highest BCUT2D eigenvalue weighted by Gasteiger charge is 2.28. The number of hydrogen-bond donors (Lipinski definition) is 1. The van der Waals surface area contributed by atoms with Crippen molar-refractivity contribution in [1.29, 1.82) is 0 Å². The zero-order chi connectivity index (χ0) is 18.5. The molecule has 2 fully saturated rings.